The molecule has 1 N–H and O–H groups in total. The first-order valence-corrected chi connectivity index (χ1v) is 9.51. The number of rotatable bonds is 5. The van der Waals surface area contributed by atoms with Crippen LogP contribution in [-0.4, -0.2) is 26.8 Å². The number of para-hydroxylation sites is 1. The molecule has 1 aliphatic carbocycles. The van der Waals surface area contributed by atoms with Gasteiger partial charge < -0.3 is 0 Å². The van der Waals surface area contributed by atoms with Gasteiger partial charge in [-0.1, -0.05) is 35.2 Å². The summed E-state index contributed by atoms with van der Waals surface area (Å²) in [5, 5.41) is 12.6. The molecule has 1 aromatic carbocycles. The fourth-order valence-corrected chi connectivity index (χ4v) is 4.77. The Bertz CT molecular complexity index is 791. The van der Waals surface area contributed by atoms with Gasteiger partial charge in [0.05, 0.1) is 16.0 Å². The van der Waals surface area contributed by atoms with Crippen LogP contribution in [0.1, 0.15) is 23.8 Å². The molecule has 0 atom stereocenters. The normalized spacial score (nSPS) is 14.4. The summed E-state index contributed by atoms with van der Waals surface area (Å²) in [6.45, 7) is 0. The van der Waals surface area contributed by atoms with Crippen LogP contribution in [0, 0.1) is 0 Å². The highest BCUT2D eigenvalue weighted by molar-refractivity contribution is 8.01. The quantitative estimate of drug-likeness (QED) is 0.711. The number of hydrogen-bond acceptors (Lipinski definition) is 7. The van der Waals surface area contributed by atoms with Gasteiger partial charge in [-0.25, -0.2) is 4.98 Å². The molecule has 112 valence electrons. The SMILES string of the molecule is O=C(CSc1nc2ccccc2s1)Nc1nnc(C2CC2)s1. The highest BCUT2D eigenvalue weighted by Gasteiger charge is 2.27. The van der Waals surface area contributed by atoms with E-state index in [0.717, 1.165) is 19.6 Å². The summed E-state index contributed by atoms with van der Waals surface area (Å²) < 4.78 is 2.05. The van der Waals surface area contributed by atoms with Crippen molar-refractivity contribution in [2.75, 3.05) is 11.1 Å². The Kier molecular flexibility index (Phi) is 3.81. The Morgan fingerprint density at radius 2 is 2.14 bits per heavy atom. The second-order valence-corrected chi connectivity index (χ2v) is 8.27. The number of nitrogens with zero attached hydrogens (tertiary/aromatic N) is 3. The summed E-state index contributed by atoms with van der Waals surface area (Å²) >= 11 is 4.54. The molecule has 1 saturated carbocycles. The Morgan fingerprint density at radius 3 is 2.95 bits per heavy atom. The Labute approximate surface area is 139 Å². The van der Waals surface area contributed by atoms with Gasteiger partial charge in [0.2, 0.25) is 11.0 Å². The average Bonchev–Trinajstić information content (AvgIpc) is 3.12. The van der Waals surface area contributed by atoms with E-state index < -0.39 is 0 Å². The van der Waals surface area contributed by atoms with Crippen molar-refractivity contribution in [2.24, 2.45) is 0 Å². The zero-order chi connectivity index (χ0) is 14.9. The minimum absolute atomic E-state index is 0.0669. The molecule has 0 radical (unpaired) electrons. The van der Waals surface area contributed by atoms with E-state index in [1.807, 2.05) is 24.3 Å². The van der Waals surface area contributed by atoms with Crippen LogP contribution >= 0.6 is 34.4 Å². The van der Waals surface area contributed by atoms with Crippen molar-refractivity contribution >= 4 is 55.7 Å². The smallest absolute Gasteiger partial charge is 0.236 e. The molecule has 1 aliphatic rings. The van der Waals surface area contributed by atoms with E-state index >= 15 is 0 Å². The predicted octanol–water partition coefficient (Wildman–Crippen LogP) is 3.76. The molecule has 2 aromatic heterocycles. The molecule has 0 unspecified atom stereocenters. The molecule has 4 rings (SSSR count). The number of benzene rings is 1. The molecule has 1 fully saturated rings. The lowest BCUT2D eigenvalue weighted by Gasteiger charge is -1.98. The Hall–Kier alpha value is -1.51. The van der Waals surface area contributed by atoms with Crippen molar-refractivity contribution in [3.8, 4) is 0 Å². The maximum atomic E-state index is 12.0. The van der Waals surface area contributed by atoms with Crippen LogP contribution in [0.2, 0.25) is 0 Å². The standard InChI is InChI=1S/C14H12N4OS3/c19-11(16-13-18-17-12(22-13)8-5-6-8)7-20-14-15-9-3-1-2-4-10(9)21-14/h1-4,8H,5-7H2,(H,16,18,19). The number of thiazole rings is 1. The minimum atomic E-state index is -0.0669. The molecule has 5 nitrogen and oxygen atoms in total. The lowest BCUT2D eigenvalue weighted by atomic mass is 10.3. The summed E-state index contributed by atoms with van der Waals surface area (Å²) in [5.74, 6) is 0.834. The fourth-order valence-electron chi connectivity index (χ4n) is 1.98. The third-order valence-corrected chi connectivity index (χ3v) is 6.40. The topological polar surface area (TPSA) is 67.8 Å². The van der Waals surface area contributed by atoms with Crippen LogP contribution in [0.5, 0.6) is 0 Å². The van der Waals surface area contributed by atoms with Crippen molar-refractivity contribution in [1.82, 2.24) is 15.2 Å². The first-order chi connectivity index (χ1) is 10.8. The number of carbonyl (C=O) groups is 1. The van der Waals surface area contributed by atoms with Gasteiger partial charge in [-0.3, -0.25) is 10.1 Å². The van der Waals surface area contributed by atoms with E-state index in [1.54, 1.807) is 11.3 Å². The van der Waals surface area contributed by atoms with Gasteiger partial charge >= 0.3 is 0 Å². The highest BCUT2D eigenvalue weighted by Crippen LogP contribution is 2.42. The average molecular weight is 348 g/mol. The number of thioether (sulfide) groups is 1. The number of hydrogen-bond donors (Lipinski definition) is 1. The van der Waals surface area contributed by atoms with Crippen molar-refractivity contribution in [3.63, 3.8) is 0 Å². The maximum Gasteiger partial charge on any atom is 0.236 e. The zero-order valence-corrected chi connectivity index (χ0v) is 13.9. The number of carbonyl (C=O) groups excluding carboxylic acids is 1. The maximum absolute atomic E-state index is 12.0. The van der Waals surface area contributed by atoms with E-state index in [0.29, 0.717) is 16.8 Å². The molecular formula is C14H12N4OS3. The van der Waals surface area contributed by atoms with E-state index in [4.69, 9.17) is 0 Å². The summed E-state index contributed by atoms with van der Waals surface area (Å²) in [6, 6.07) is 7.99. The molecule has 0 saturated heterocycles. The molecular weight excluding hydrogens is 336 g/mol. The molecule has 2 heterocycles. The molecule has 3 aromatic rings. The van der Waals surface area contributed by atoms with Gasteiger partial charge in [0.15, 0.2) is 4.34 Å². The predicted molar refractivity (Wildman–Crippen MR) is 90.9 cm³/mol. The monoisotopic (exact) mass is 348 g/mol. The first kappa shape index (κ1) is 14.1. The lowest BCUT2D eigenvalue weighted by molar-refractivity contribution is -0.113. The van der Waals surface area contributed by atoms with E-state index in [9.17, 15) is 4.79 Å². The molecule has 0 spiro atoms. The third-order valence-electron chi connectivity index (χ3n) is 3.21. The van der Waals surface area contributed by atoms with Crippen molar-refractivity contribution < 1.29 is 4.79 Å². The summed E-state index contributed by atoms with van der Waals surface area (Å²) in [6.07, 6.45) is 2.38. The zero-order valence-electron chi connectivity index (χ0n) is 11.5. The number of nitrogens with one attached hydrogen (secondary N) is 1. The van der Waals surface area contributed by atoms with E-state index in [-0.39, 0.29) is 5.91 Å². The summed E-state index contributed by atoms with van der Waals surface area (Å²) in [5.41, 5.74) is 0.980. The summed E-state index contributed by atoms with van der Waals surface area (Å²) in [4.78, 5) is 16.5. The molecule has 0 aliphatic heterocycles. The van der Waals surface area contributed by atoms with Crippen LogP contribution in [-0.2, 0) is 4.79 Å². The largest absolute Gasteiger partial charge is 0.300 e. The number of fused-ring (bicyclic) bond motifs is 1. The van der Waals surface area contributed by atoms with Gasteiger partial charge in [0.25, 0.3) is 0 Å². The molecule has 1 amide bonds. The van der Waals surface area contributed by atoms with Crippen LogP contribution in [0.15, 0.2) is 28.6 Å². The summed E-state index contributed by atoms with van der Waals surface area (Å²) in [7, 11) is 0. The Balaban J connectivity index is 1.35. The van der Waals surface area contributed by atoms with Gasteiger partial charge in [-0.2, -0.15) is 0 Å². The van der Waals surface area contributed by atoms with Crippen LogP contribution in [0.3, 0.4) is 0 Å². The minimum Gasteiger partial charge on any atom is -0.300 e. The first-order valence-electron chi connectivity index (χ1n) is 6.89. The molecule has 8 heteroatoms. The second kappa shape index (κ2) is 5.94. The van der Waals surface area contributed by atoms with Crippen molar-refractivity contribution in [1.29, 1.82) is 0 Å². The van der Waals surface area contributed by atoms with Crippen molar-refractivity contribution in [2.45, 2.75) is 23.1 Å². The van der Waals surface area contributed by atoms with Gasteiger partial charge in [0.1, 0.15) is 5.01 Å². The fraction of sp³-hybridized carbons (Fsp3) is 0.286. The Morgan fingerprint density at radius 1 is 1.27 bits per heavy atom. The number of amides is 1. The van der Waals surface area contributed by atoms with Gasteiger partial charge in [-0.05, 0) is 25.0 Å². The highest BCUT2D eigenvalue weighted by atomic mass is 32.2. The van der Waals surface area contributed by atoms with Crippen LogP contribution in [0.25, 0.3) is 10.2 Å². The van der Waals surface area contributed by atoms with Crippen molar-refractivity contribution in [3.05, 3.63) is 29.3 Å². The lowest BCUT2D eigenvalue weighted by Crippen LogP contribution is -2.13. The van der Waals surface area contributed by atoms with E-state index in [1.165, 1.54) is 35.9 Å². The van der Waals surface area contributed by atoms with Crippen LogP contribution in [0.4, 0.5) is 5.13 Å². The second-order valence-electron chi connectivity index (χ2n) is 5.00. The van der Waals surface area contributed by atoms with Gasteiger partial charge in [0, 0.05) is 5.92 Å². The van der Waals surface area contributed by atoms with E-state index in [2.05, 4.69) is 20.5 Å². The number of aromatic nitrogens is 3. The molecule has 0 bridgehead atoms. The molecule has 22 heavy (non-hydrogen) atoms. The van der Waals surface area contributed by atoms with Crippen LogP contribution < -0.4 is 5.32 Å². The van der Waals surface area contributed by atoms with Gasteiger partial charge in [-0.15, -0.1) is 21.5 Å². The third kappa shape index (κ3) is 3.13. The number of anilines is 1.